The monoisotopic (exact) mass is 435 g/mol. The Morgan fingerprint density at radius 3 is 2.53 bits per heavy atom. The minimum atomic E-state index is -0.120. The molecule has 3 amide bonds. The van der Waals surface area contributed by atoms with Crippen molar-refractivity contribution >= 4 is 11.9 Å². The van der Waals surface area contributed by atoms with Crippen LogP contribution in [0, 0.1) is 5.41 Å². The van der Waals surface area contributed by atoms with Gasteiger partial charge in [-0.2, -0.15) is 0 Å². The fourth-order valence-corrected chi connectivity index (χ4v) is 4.98. The summed E-state index contributed by atoms with van der Waals surface area (Å²) in [7, 11) is 2.03. The van der Waals surface area contributed by atoms with Crippen LogP contribution in [0.5, 0.6) is 0 Å². The van der Waals surface area contributed by atoms with E-state index in [1.807, 2.05) is 48.3 Å². The highest BCUT2D eigenvalue weighted by Crippen LogP contribution is 2.42. The number of hydrogen-bond donors (Lipinski definition) is 2. The smallest absolute Gasteiger partial charge is 0.317 e. The number of rotatable bonds is 6. The number of likely N-dealkylation sites (tertiary alicyclic amines) is 2. The molecule has 2 aromatic rings. The highest BCUT2D eigenvalue weighted by atomic mass is 16.2. The van der Waals surface area contributed by atoms with E-state index in [1.165, 1.54) is 5.56 Å². The highest BCUT2D eigenvalue weighted by Gasteiger charge is 2.47. The van der Waals surface area contributed by atoms with Gasteiger partial charge in [-0.25, -0.2) is 4.79 Å². The molecule has 4 rings (SSSR count). The average molecular weight is 436 g/mol. The molecule has 1 atom stereocenters. The fourth-order valence-electron chi connectivity index (χ4n) is 4.98. The lowest BCUT2D eigenvalue weighted by molar-refractivity contribution is -0.125. The number of urea groups is 1. The van der Waals surface area contributed by atoms with E-state index in [2.05, 4.69) is 32.7 Å². The summed E-state index contributed by atoms with van der Waals surface area (Å²) in [6.45, 7) is 3.48. The summed E-state index contributed by atoms with van der Waals surface area (Å²) in [6, 6.07) is 15.8. The molecule has 2 aliphatic heterocycles. The third-order valence-electron chi connectivity index (χ3n) is 6.86. The summed E-state index contributed by atoms with van der Waals surface area (Å²) in [5, 5.41) is 6.09. The van der Waals surface area contributed by atoms with E-state index in [1.54, 1.807) is 6.20 Å². The summed E-state index contributed by atoms with van der Waals surface area (Å²) in [4.78, 5) is 33.8. The first-order valence-corrected chi connectivity index (χ1v) is 11.5. The van der Waals surface area contributed by atoms with Crippen molar-refractivity contribution in [2.45, 2.75) is 38.3 Å². The second-order valence-corrected chi connectivity index (χ2v) is 9.13. The Hall–Kier alpha value is -2.93. The molecule has 1 spiro atoms. The van der Waals surface area contributed by atoms with Gasteiger partial charge < -0.3 is 15.5 Å². The predicted octanol–water partition coefficient (Wildman–Crippen LogP) is 2.44. The van der Waals surface area contributed by atoms with E-state index in [0.29, 0.717) is 13.1 Å². The van der Waals surface area contributed by atoms with Gasteiger partial charge in [-0.1, -0.05) is 36.4 Å². The van der Waals surface area contributed by atoms with Gasteiger partial charge in [0.25, 0.3) is 0 Å². The van der Waals surface area contributed by atoms with Crippen LogP contribution in [0.3, 0.4) is 0 Å². The Morgan fingerprint density at radius 1 is 1.06 bits per heavy atom. The van der Waals surface area contributed by atoms with Crippen molar-refractivity contribution < 1.29 is 9.59 Å². The molecule has 7 heteroatoms. The van der Waals surface area contributed by atoms with E-state index < -0.39 is 0 Å². The number of benzene rings is 1. The van der Waals surface area contributed by atoms with E-state index in [0.717, 1.165) is 51.0 Å². The van der Waals surface area contributed by atoms with Crippen LogP contribution in [0.15, 0.2) is 54.7 Å². The standard InChI is InChI=1S/C25H33N5O2/c1-29-19-25(17-22(29)23(31)28-18-21-9-5-6-13-26-21)11-15-30(16-12-25)24(32)27-14-10-20-7-3-2-4-8-20/h2-9,13,22H,10-12,14-19H2,1H3,(H,27,32)(H,28,31). The lowest BCUT2D eigenvalue weighted by atomic mass is 9.76. The van der Waals surface area contributed by atoms with Gasteiger partial charge in [0.2, 0.25) is 5.91 Å². The summed E-state index contributed by atoms with van der Waals surface area (Å²) in [5.41, 5.74) is 2.21. The number of carbonyl (C=O) groups is 2. The molecule has 7 nitrogen and oxygen atoms in total. The minimum Gasteiger partial charge on any atom is -0.349 e. The van der Waals surface area contributed by atoms with E-state index in [9.17, 15) is 9.59 Å². The Bertz CT molecular complexity index is 897. The third kappa shape index (κ3) is 5.46. The molecule has 2 N–H and O–H groups in total. The third-order valence-corrected chi connectivity index (χ3v) is 6.86. The molecule has 2 saturated heterocycles. The van der Waals surface area contributed by atoms with Crippen LogP contribution in [-0.2, 0) is 17.8 Å². The normalized spacial score (nSPS) is 20.3. The van der Waals surface area contributed by atoms with Crippen LogP contribution in [0.4, 0.5) is 4.79 Å². The first-order chi connectivity index (χ1) is 15.5. The topological polar surface area (TPSA) is 77.6 Å². The molecule has 0 aliphatic carbocycles. The maximum atomic E-state index is 12.8. The van der Waals surface area contributed by atoms with Crippen LogP contribution in [-0.4, -0.2) is 66.0 Å². The molecule has 1 aromatic carbocycles. The molecule has 0 saturated carbocycles. The van der Waals surface area contributed by atoms with Gasteiger partial charge in [0.1, 0.15) is 0 Å². The Morgan fingerprint density at radius 2 is 1.81 bits per heavy atom. The van der Waals surface area contributed by atoms with E-state index in [-0.39, 0.29) is 23.4 Å². The first-order valence-electron chi connectivity index (χ1n) is 11.5. The Kier molecular flexibility index (Phi) is 7.05. The van der Waals surface area contributed by atoms with E-state index >= 15 is 0 Å². The zero-order chi connectivity index (χ0) is 22.4. The summed E-state index contributed by atoms with van der Waals surface area (Å²) < 4.78 is 0. The zero-order valence-electron chi connectivity index (χ0n) is 18.8. The van der Waals surface area contributed by atoms with Crippen molar-refractivity contribution in [1.29, 1.82) is 0 Å². The summed E-state index contributed by atoms with van der Waals surface area (Å²) in [6.07, 6.45) is 5.30. The molecule has 32 heavy (non-hydrogen) atoms. The first kappa shape index (κ1) is 22.3. The number of pyridine rings is 1. The molecule has 0 radical (unpaired) electrons. The summed E-state index contributed by atoms with van der Waals surface area (Å²) >= 11 is 0. The molecular weight excluding hydrogens is 402 g/mol. The Labute approximate surface area is 190 Å². The number of likely N-dealkylation sites (N-methyl/N-ethyl adjacent to an activating group) is 1. The van der Waals surface area contributed by atoms with Crippen molar-refractivity contribution in [2.75, 3.05) is 33.2 Å². The number of carbonyl (C=O) groups excluding carboxylic acids is 2. The summed E-state index contributed by atoms with van der Waals surface area (Å²) in [5.74, 6) is 0.0658. The Balaban J connectivity index is 1.22. The number of amides is 3. The maximum Gasteiger partial charge on any atom is 0.317 e. The predicted molar refractivity (Wildman–Crippen MR) is 124 cm³/mol. The largest absolute Gasteiger partial charge is 0.349 e. The SMILES string of the molecule is CN1CC2(CCN(C(=O)NCCc3ccccc3)CC2)CC1C(=O)NCc1ccccn1. The van der Waals surface area contributed by atoms with Gasteiger partial charge in [0.15, 0.2) is 0 Å². The van der Waals surface area contributed by atoms with Gasteiger partial charge in [0, 0.05) is 32.4 Å². The van der Waals surface area contributed by atoms with Gasteiger partial charge in [-0.15, -0.1) is 0 Å². The van der Waals surface area contributed by atoms with Crippen molar-refractivity contribution in [3.05, 3.63) is 66.0 Å². The lowest BCUT2D eigenvalue weighted by Gasteiger charge is -2.39. The van der Waals surface area contributed by atoms with Crippen LogP contribution in [0.1, 0.15) is 30.5 Å². The maximum absolute atomic E-state index is 12.8. The number of nitrogens with one attached hydrogen (secondary N) is 2. The molecule has 0 bridgehead atoms. The van der Waals surface area contributed by atoms with Gasteiger partial charge >= 0.3 is 6.03 Å². The van der Waals surface area contributed by atoms with Crippen LogP contribution < -0.4 is 10.6 Å². The van der Waals surface area contributed by atoms with Gasteiger partial charge in [-0.05, 0) is 55.8 Å². The van der Waals surface area contributed by atoms with Gasteiger partial charge in [0.05, 0.1) is 18.3 Å². The highest BCUT2D eigenvalue weighted by molar-refractivity contribution is 5.82. The van der Waals surface area contributed by atoms with Crippen molar-refractivity contribution in [3.8, 4) is 0 Å². The molecule has 3 heterocycles. The second kappa shape index (κ2) is 10.1. The number of nitrogens with zero attached hydrogens (tertiary/aromatic N) is 3. The molecular formula is C25H33N5O2. The molecule has 1 aromatic heterocycles. The van der Waals surface area contributed by atoms with Crippen molar-refractivity contribution in [2.24, 2.45) is 5.41 Å². The molecule has 1 unspecified atom stereocenters. The molecule has 2 aliphatic rings. The zero-order valence-corrected chi connectivity index (χ0v) is 18.8. The molecule has 170 valence electrons. The fraction of sp³-hybridized carbons (Fsp3) is 0.480. The van der Waals surface area contributed by atoms with Crippen LogP contribution in [0.2, 0.25) is 0 Å². The minimum absolute atomic E-state index is 0.0202. The van der Waals surface area contributed by atoms with Crippen molar-refractivity contribution in [1.82, 2.24) is 25.4 Å². The average Bonchev–Trinajstić information content (AvgIpc) is 3.14. The number of piperidine rings is 1. The van der Waals surface area contributed by atoms with Crippen LogP contribution in [0.25, 0.3) is 0 Å². The van der Waals surface area contributed by atoms with Gasteiger partial charge in [-0.3, -0.25) is 14.7 Å². The van der Waals surface area contributed by atoms with Crippen molar-refractivity contribution in [3.63, 3.8) is 0 Å². The lowest BCUT2D eigenvalue weighted by Crippen LogP contribution is -2.48. The molecule has 2 fully saturated rings. The van der Waals surface area contributed by atoms with E-state index in [4.69, 9.17) is 0 Å². The second-order valence-electron chi connectivity index (χ2n) is 9.13. The quantitative estimate of drug-likeness (QED) is 0.731. The number of aromatic nitrogens is 1. The number of hydrogen-bond acceptors (Lipinski definition) is 4. The van der Waals surface area contributed by atoms with Crippen LogP contribution >= 0.6 is 0 Å².